The van der Waals surface area contributed by atoms with Crippen molar-refractivity contribution in [3.8, 4) is 5.69 Å². The second-order valence-corrected chi connectivity index (χ2v) is 8.16. The van der Waals surface area contributed by atoms with Crippen LogP contribution in [0.5, 0.6) is 0 Å². The SMILES string of the molecule is CCc1[nH]n(-c2cccc(Cl)c2)c(=O)c1C1=C([n+]2ccccc2)C(=O)N(c2ccccc2)C1=O. The monoisotopic (exact) mass is 471 g/mol. The summed E-state index contributed by atoms with van der Waals surface area (Å²) in [7, 11) is 0. The van der Waals surface area contributed by atoms with Crippen LogP contribution in [0.15, 0.2) is 90.0 Å². The highest BCUT2D eigenvalue weighted by Crippen LogP contribution is 2.33. The molecule has 2 amide bonds. The van der Waals surface area contributed by atoms with E-state index in [9.17, 15) is 14.4 Å². The summed E-state index contributed by atoms with van der Waals surface area (Å²) in [4.78, 5) is 42.2. The first-order valence-electron chi connectivity index (χ1n) is 10.8. The second kappa shape index (κ2) is 8.61. The Labute approximate surface area is 200 Å². The van der Waals surface area contributed by atoms with Crippen LogP contribution in [0.2, 0.25) is 5.02 Å². The van der Waals surface area contributed by atoms with Crippen LogP contribution in [-0.2, 0) is 16.0 Å². The molecule has 2 aromatic heterocycles. The minimum Gasteiger partial charge on any atom is -0.294 e. The fourth-order valence-electron chi connectivity index (χ4n) is 4.14. The summed E-state index contributed by atoms with van der Waals surface area (Å²) >= 11 is 6.14. The Morgan fingerprint density at radius 2 is 1.53 bits per heavy atom. The molecule has 0 bridgehead atoms. The van der Waals surface area contributed by atoms with Crippen molar-refractivity contribution in [1.29, 1.82) is 0 Å². The molecule has 0 atom stereocenters. The Balaban J connectivity index is 1.78. The van der Waals surface area contributed by atoms with E-state index in [4.69, 9.17) is 11.6 Å². The Morgan fingerprint density at radius 3 is 2.21 bits per heavy atom. The number of hydrogen-bond donors (Lipinski definition) is 1. The van der Waals surface area contributed by atoms with Gasteiger partial charge in [0.25, 0.3) is 17.2 Å². The highest BCUT2D eigenvalue weighted by molar-refractivity contribution is 6.53. The number of amides is 2. The summed E-state index contributed by atoms with van der Waals surface area (Å²) in [6.45, 7) is 1.88. The van der Waals surface area contributed by atoms with Gasteiger partial charge in [-0.1, -0.05) is 48.9 Å². The van der Waals surface area contributed by atoms with E-state index in [-0.39, 0.29) is 16.8 Å². The summed E-state index contributed by atoms with van der Waals surface area (Å²) < 4.78 is 2.93. The summed E-state index contributed by atoms with van der Waals surface area (Å²) in [6, 6.07) is 20.9. The molecule has 0 unspecified atom stereocenters. The van der Waals surface area contributed by atoms with Gasteiger partial charge in [0.1, 0.15) is 5.57 Å². The van der Waals surface area contributed by atoms with Crippen molar-refractivity contribution in [3.05, 3.63) is 112 Å². The highest BCUT2D eigenvalue weighted by Gasteiger charge is 2.48. The molecular weight excluding hydrogens is 452 g/mol. The number of hydrogen-bond acceptors (Lipinski definition) is 3. The first-order valence-corrected chi connectivity index (χ1v) is 11.1. The number of rotatable bonds is 5. The van der Waals surface area contributed by atoms with Gasteiger partial charge in [-0.25, -0.2) is 9.58 Å². The maximum Gasteiger partial charge on any atom is 0.331 e. The van der Waals surface area contributed by atoms with Crippen LogP contribution < -0.4 is 15.0 Å². The molecule has 34 heavy (non-hydrogen) atoms. The molecule has 8 heteroatoms. The molecule has 3 heterocycles. The number of anilines is 1. The maximum atomic E-state index is 13.8. The zero-order valence-corrected chi connectivity index (χ0v) is 19.0. The predicted octanol–water partition coefficient (Wildman–Crippen LogP) is 3.61. The van der Waals surface area contributed by atoms with E-state index in [0.29, 0.717) is 28.5 Å². The normalized spacial score (nSPS) is 13.8. The Hall–Kier alpha value is -4.23. The van der Waals surface area contributed by atoms with Crippen molar-refractivity contribution in [2.75, 3.05) is 4.90 Å². The van der Waals surface area contributed by atoms with E-state index in [1.165, 1.54) is 4.68 Å². The van der Waals surface area contributed by atoms with Gasteiger partial charge >= 0.3 is 5.91 Å². The molecule has 7 nitrogen and oxygen atoms in total. The zero-order chi connectivity index (χ0) is 23.8. The minimum atomic E-state index is -0.549. The Kier molecular flexibility index (Phi) is 5.47. The average Bonchev–Trinajstić information content (AvgIpc) is 3.32. The van der Waals surface area contributed by atoms with E-state index in [0.717, 1.165) is 4.90 Å². The molecule has 0 saturated heterocycles. The number of imide groups is 1. The van der Waals surface area contributed by atoms with E-state index < -0.39 is 17.4 Å². The van der Waals surface area contributed by atoms with Gasteiger partial charge in [-0.05, 0) is 36.8 Å². The number of para-hydroxylation sites is 1. The number of pyridine rings is 1. The quantitative estimate of drug-likeness (QED) is 0.357. The molecule has 0 spiro atoms. The van der Waals surface area contributed by atoms with Gasteiger partial charge in [-0.3, -0.25) is 19.5 Å². The number of carbonyl (C=O) groups excluding carboxylic acids is 2. The van der Waals surface area contributed by atoms with Crippen LogP contribution in [0.4, 0.5) is 5.69 Å². The highest BCUT2D eigenvalue weighted by atomic mass is 35.5. The topological polar surface area (TPSA) is 79.1 Å². The molecule has 4 aromatic rings. The van der Waals surface area contributed by atoms with Crippen molar-refractivity contribution in [2.24, 2.45) is 0 Å². The number of carbonyl (C=O) groups is 2. The number of halogens is 1. The van der Waals surface area contributed by atoms with Crippen molar-refractivity contribution in [2.45, 2.75) is 13.3 Å². The predicted molar refractivity (Wildman–Crippen MR) is 129 cm³/mol. The Bertz CT molecular complexity index is 1500. The van der Waals surface area contributed by atoms with E-state index in [1.54, 1.807) is 83.7 Å². The molecule has 1 aliphatic rings. The van der Waals surface area contributed by atoms with Gasteiger partial charge in [0.2, 0.25) is 0 Å². The van der Waals surface area contributed by atoms with Crippen molar-refractivity contribution in [3.63, 3.8) is 0 Å². The largest absolute Gasteiger partial charge is 0.331 e. The van der Waals surface area contributed by atoms with Gasteiger partial charge < -0.3 is 0 Å². The third-order valence-electron chi connectivity index (χ3n) is 5.68. The van der Waals surface area contributed by atoms with Crippen LogP contribution >= 0.6 is 11.6 Å². The van der Waals surface area contributed by atoms with E-state index in [2.05, 4.69) is 5.10 Å². The van der Waals surface area contributed by atoms with Crippen LogP contribution in [0.3, 0.4) is 0 Å². The molecule has 1 N–H and O–H groups in total. The number of H-pyrrole nitrogens is 1. The standard InChI is InChI=1S/C26H19ClN4O3/c1-2-20-21(25(33)31(28-20)19-13-9-10-17(27)16-19)22-23(29-14-7-4-8-15-29)26(34)30(24(22)32)18-11-5-3-6-12-18/h3-16H,2H2,1H3/p+1. The average molecular weight is 472 g/mol. The molecule has 0 fully saturated rings. The first-order chi connectivity index (χ1) is 16.5. The number of aryl methyl sites for hydroxylation is 1. The van der Waals surface area contributed by atoms with Gasteiger partial charge in [-0.2, -0.15) is 4.57 Å². The van der Waals surface area contributed by atoms with Crippen LogP contribution in [0.1, 0.15) is 18.2 Å². The van der Waals surface area contributed by atoms with Crippen LogP contribution in [-0.4, -0.2) is 21.6 Å². The van der Waals surface area contributed by atoms with Gasteiger partial charge in [0.05, 0.1) is 16.9 Å². The summed E-state index contributed by atoms with van der Waals surface area (Å²) in [5.74, 6) is -1.05. The molecule has 1 aliphatic heterocycles. The summed E-state index contributed by atoms with van der Waals surface area (Å²) in [5, 5.41) is 3.58. The maximum absolute atomic E-state index is 13.8. The molecule has 5 rings (SSSR count). The smallest absolute Gasteiger partial charge is 0.294 e. The molecule has 0 radical (unpaired) electrons. The number of nitrogens with one attached hydrogen (secondary N) is 1. The number of benzene rings is 2. The number of nitrogens with zero attached hydrogens (tertiary/aromatic N) is 3. The van der Waals surface area contributed by atoms with Crippen LogP contribution in [0, 0.1) is 0 Å². The van der Waals surface area contributed by atoms with Crippen molar-refractivity contribution >= 4 is 40.4 Å². The second-order valence-electron chi connectivity index (χ2n) is 7.73. The zero-order valence-electron chi connectivity index (χ0n) is 18.2. The van der Waals surface area contributed by atoms with Gasteiger partial charge in [-0.15, -0.1) is 0 Å². The lowest BCUT2D eigenvalue weighted by molar-refractivity contribution is -0.576. The van der Waals surface area contributed by atoms with Gasteiger partial charge in [0, 0.05) is 22.8 Å². The first kappa shape index (κ1) is 21.6. The molecule has 0 aliphatic carbocycles. The molecular formula is C26H20ClN4O3+. The summed E-state index contributed by atoms with van der Waals surface area (Å²) in [5.41, 5.74) is 1.44. The third kappa shape index (κ3) is 3.47. The number of aromatic nitrogens is 3. The molecule has 168 valence electrons. The van der Waals surface area contributed by atoms with E-state index in [1.807, 2.05) is 13.0 Å². The lowest BCUT2D eigenvalue weighted by Gasteiger charge is -2.13. The fourth-order valence-corrected chi connectivity index (χ4v) is 4.32. The minimum absolute atomic E-state index is 0.0592. The van der Waals surface area contributed by atoms with Crippen molar-refractivity contribution < 1.29 is 14.2 Å². The van der Waals surface area contributed by atoms with Crippen molar-refractivity contribution in [1.82, 2.24) is 9.78 Å². The van der Waals surface area contributed by atoms with Gasteiger partial charge in [0.15, 0.2) is 12.4 Å². The summed E-state index contributed by atoms with van der Waals surface area (Å²) in [6.07, 6.45) is 3.81. The van der Waals surface area contributed by atoms with E-state index >= 15 is 0 Å². The molecule has 0 saturated carbocycles. The fraction of sp³-hybridized carbons (Fsp3) is 0.0769. The Morgan fingerprint density at radius 1 is 0.853 bits per heavy atom. The third-order valence-corrected chi connectivity index (χ3v) is 5.92. The number of aromatic amines is 1. The lowest BCUT2D eigenvalue weighted by Crippen LogP contribution is -2.39. The van der Waals surface area contributed by atoms with Crippen LogP contribution in [0.25, 0.3) is 17.0 Å². The molecule has 2 aromatic carbocycles. The lowest BCUT2D eigenvalue weighted by atomic mass is 10.0.